The second-order valence-corrected chi connectivity index (χ2v) is 10.6. The van der Waals surface area contributed by atoms with Crippen LogP contribution in [0.5, 0.6) is 0 Å². The van der Waals surface area contributed by atoms with Gasteiger partial charge in [0.1, 0.15) is 0 Å². The van der Waals surface area contributed by atoms with E-state index >= 15 is 0 Å². The number of nitrogens with zero attached hydrogens (tertiary/aromatic N) is 4. The second kappa shape index (κ2) is 8.65. The minimum Gasteiger partial charge on any atom is -0.354 e. The molecule has 2 fully saturated rings. The first kappa shape index (κ1) is 22.7. The number of piperidine rings is 1. The van der Waals surface area contributed by atoms with Crippen LogP contribution in [0, 0.1) is 23.7 Å². The van der Waals surface area contributed by atoms with E-state index < -0.39 is 0 Å². The fraction of sp³-hybridized carbons (Fsp3) is 0.818. The summed E-state index contributed by atoms with van der Waals surface area (Å²) in [5, 5.41) is 7.02. The highest BCUT2D eigenvalue weighted by Crippen LogP contribution is 2.48. The Labute approximate surface area is 179 Å². The van der Waals surface area contributed by atoms with Crippen LogP contribution in [0.3, 0.4) is 0 Å². The number of aryl methyl sites for hydroxylation is 1. The Bertz CT molecular complexity index is 759. The largest absolute Gasteiger partial charge is 0.354 e. The monoisotopic (exact) mass is 419 g/mol. The van der Waals surface area contributed by atoms with Crippen LogP contribution in [0.15, 0.2) is 4.52 Å². The van der Waals surface area contributed by atoms with E-state index in [1.54, 1.807) is 0 Å². The summed E-state index contributed by atoms with van der Waals surface area (Å²) >= 11 is 0. The molecular weight excluding hydrogens is 382 g/mol. The molecule has 168 valence electrons. The molecule has 1 atom stereocenters. The van der Waals surface area contributed by atoms with Gasteiger partial charge < -0.3 is 14.7 Å². The lowest BCUT2D eigenvalue weighted by atomic mass is 9.76. The summed E-state index contributed by atoms with van der Waals surface area (Å²) in [5.74, 6) is 1.48. The molecular formula is C22H37N5O3. The van der Waals surface area contributed by atoms with Crippen molar-refractivity contribution in [2.45, 2.75) is 66.8 Å². The van der Waals surface area contributed by atoms with E-state index in [1.165, 1.54) is 0 Å². The maximum atomic E-state index is 12.6. The van der Waals surface area contributed by atoms with Crippen molar-refractivity contribution in [3.63, 3.8) is 0 Å². The van der Waals surface area contributed by atoms with Gasteiger partial charge in [0.25, 0.3) is 0 Å². The van der Waals surface area contributed by atoms with Crippen molar-refractivity contribution in [2.75, 3.05) is 32.7 Å². The summed E-state index contributed by atoms with van der Waals surface area (Å²) in [6.07, 6.45) is 2.76. The Morgan fingerprint density at radius 3 is 2.47 bits per heavy atom. The van der Waals surface area contributed by atoms with E-state index in [0.29, 0.717) is 24.8 Å². The van der Waals surface area contributed by atoms with Gasteiger partial charge in [0.05, 0.1) is 12.6 Å². The highest BCUT2D eigenvalue weighted by molar-refractivity contribution is 5.78. The van der Waals surface area contributed by atoms with Gasteiger partial charge in [-0.25, -0.2) is 0 Å². The Morgan fingerprint density at radius 2 is 1.93 bits per heavy atom. The predicted molar refractivity (Wildman–Crippen MR) is 114 cm³/mol. The normalized spacial score (nSPS) is 22.1. The summed E-state index contributed by atoms with van der Waals surface area (Å²) in [5.41, 5.74) is 0.117. The Kier molecular flexibility index (Phi) is 6.55. The molecule has 0 saturated carbocycles. The van der Waals surface area contributed by atoms with Gasteiger partial charge in [0, 0.05) is 32.1 Å². The number of nitrogens with one attached hydrogen (secondary N) is 1. The number of rotatable bonds is 5. The third kappa shape index (κ3) is 5.39. The molecule has 2 saturated heterocycles. The first-order chi connectivity index (χ1) is 14.0. The van der Waals surface area contributed by atoms with Crippen LogP contribution in [0.25, 0.3) is 0 Å². The zero-order chi connectivity index (χ0) is 22.1. The smallest absolute Gasteiger partial charge is 0.244 e. The van der Waals surface area contributed by atoms with Gasteiger partial charge in [-0.1, -0.05) is 39.8 Å². The zero-order valence-corrected chi connectivity index (χ0v) is 19.3. The van der Waals surface area contributed by atoms with Crippen LogP contribution < -0.4 is 5.32 Å². The average Bonchev–Trinajstić information content (AvgIpc) is 3.23. The fourth-order valence-corrected chi connectivity index (χ4v) is 4.54. The molecule has 3 heterocycles. The number of aromatic nitrogens is 2. The van der Waals surface area contributed by atoms with E-state index in [1.807, 2.05) is 25.7 Å². The van der Waals surface area contributed by atoms with E-state index in [-0.39, 0.29) is 34.6 Å². The molecule has 1 aromatic heterocycles. The molecule has 0 aromatic carbocycles. The van der Waals surface area contributed by atoms with Crippen molar-refractivity contribution in [2.24, 2.45) is 16.7 Å². The first-order valence-corrected chi connectivity index (χ1v) is 11.1. The van der Waals surface area contributed by atoms with Gasteiger partial charge >= 0.3 is 0 Å². The van der Waals surface area contributed by atoms with Gasteiger partial charge in [0.2, 0.25) is 17.7 Å². The van der Waals surface area contributed by atoms with Gasteiger partial charge in [-0.3, -0.25) is 14.5 Å². The van der Waals surface area contributed by atoms with Gasteiger partial charge in [-0.05, 0) is 37.0 Å². The average molecular weight is 420 g/mol. The van der Waals surface area contributed by atoms with Gasteiger partial charge in [-0.15, -0.1) is 0 Å². The SMILES string of the molecule is Cc1noc(C2CC3(CCN(C(=O)C(C)C)CC3)CN2CC(=O)NCC(C)(C)C)n1. The number of carbonyl (C=O) groups excluding carboxylic acids is 2. The summed E-state index contributed by atoms with van der Waals surface area (Å²) < 4.78 is 5.50. The molecule has 0 radical (unpaired) electrons. The van der Waals surface area contributed by atoms with E-state index in [4.69, 9.17) is 4.52 Å². The molecule has 8 heteroatoms. The van der Waals surface area contributed by atoms with E-state index in [9.17, 15) is 9.59 Å². The number of hydrogen-bond donors (Lipinski definition) is 1. The molecule has 2 aliphatic heterocycles. The zero-order valence-electron chi connectivity index (χ0n) is 19.3. The van der Waals surface area contributed by atoms with E-state index in [2.05, 4.69) is 41.1 Å². The van der Waals surface area contributed by atoms with Crippen LogP contribution in [0.4, 0.5) is 0 Å². The molecule has 0 bridgehead atoms. The second-order valence-electron chi connectivity index (χ2n) is 10.6. The molecule has 1 N–H and O–H groups in total. The number of amides is 2. The topological polar surface area (TPSA) is 91.6 Å². The lowest BCUT2D eigenvalue weighted by Gasteiger charge is -2.40. The maximum absolute atomic E-state index is 12.6. The molecule has 1 aromatic rings. The molecule has 30 heavy (non-hydrogen) atoms. The van der Waals surface area contributed by atoms with Crippen molar-refractivity contribution in [1.82, 2.24) is 25.3 Å². The van der Waals surface area contributed by atoms with Crippen molar-refractivity contribution in [1.29, 1.82) is 0 Å². The van der Waals surface area contributed by atoms with Crippen molar-refractivity contribution in [3.8, 4) is 0 Å². The number of likely N-dealkylation sites (tertiary alicyclic amines) is 2. The Hall–Kier alpha value is -1.96. The third-order valence-corrected chi connectivity index (χ3v) is 6.23. The Morgan fingerprint density at radius 1 is 1.27 bits per heavy atom. The van der Waals surface area contributed by atoms with Crippen molar-refractivity contribution in [3.05, 3.63) is 11.7 Å². The molecule has 2 aliphatic rings. The summed E-state index contributed by atoms with van der Waals surface area (Å²) in [6.45, 7) is 15.4. The van der Waals surface area contributed by atoms with Gasteiger partial charge in [-0.2, -0.15) is 4.98 Å². The Balaban J connectivity index is 1.70. The number of carbonyl (C=O) groups is 2. The summed E-state index contributed by atoms with van der Waals surface area (Å²) in [7, 11) is 0. The third-order valence-electron chi connectivity index (χ3n) is 6.23. The van der Waals surface area contributed by atoms with Crippen LogP contribution in [-0.2, 0) is 9.59 Å². The van der Waals surface area contributed by atoms with Crippen LogP contribution in [0.1, 0.15) is 71.6 Å². The molecule has 3 rings (SSSR count). The minimum atomic E-state index is -0.0565. The first-order valence-electron chi connectivity index (χ1n) is 11.1. The summed E-state index contributed by atoms with van der Waals surface area (Å²) in [4.78, 5) is 33.7. The minimum absolute atomic E-state index is 0.0237. The predicted octanol–water partition coefficient (Wildman–Crippen LogP) is 2.55. The standard InChI is InChI=1S/C22H37N5O3/c1-15(2)20(29)26-9-7-22(8-10-26)11-17(19-24-16(3)25-30-19)27(14-22)12-18(28)23-13-21(4,5)6/h15,17H,7-14H2,1-6H3,(H,23,28). The number of hydrogen-bond acceptors (Lipinski definition) is 6. The van der Waals surface area contributed by atoms with Crippen LogP contribution in [0.2, 0.25) is 0 Å². The van der Waals surface area contributed by atoms with Crippen molar-refractivity contribution >= 4 is 11.8 Å². The highest BCUT2D eigenvalue weighted by Gasteiger charge is 2.48. The van der Waals surface area contributed by atoms with Gasteiger partial charge in [0.15, 0.2) is 5.82 Å². The fourth-order valence-electron chi connectivity index (χ4n) is 4.54. The maximum Gasteiger partial charge on any atom is 0.244 e. The lowest BCUT2D eigenvalue weighted by Crippen LogP contribution is -2.46. The van der Waals surface area contributed by atoms with Crippen LogP contribution >= 0.6 is 0 Å². The molecule has 1 unspecified atom stereocenters. The molecule has 1 spiro atoms. The summed E-state index contributed by atoms with van der Waals surface area (Å²) in [6, 6.07) is -0.0565. The molecule has 2 amide bonds. The van der Waals surface area contributed by atoms with E-state index in [0.717, 1.165) is 38.9 Å². The lowest BCUT2D eigenvalue weighted by molar-refractivity contribution is -0.136. The van der Waals surface area contributed by atoms with Crippen molar-refractivity contribution < 1.29 is 14.1 Å². The quantitative estimate of drug-likeness (QED) is 0.789. The molecule has 0 aliphatic carbocycles. The molecule has 8 nitrogen and oxygen atoms in total. The van der Waals surface area contributed by atoms with Crippen LogP contribution in [-0.4, -0.2) is 64.5 Å². The highest BCUT2D eigenvalue weighted by atomic mass is 16.5.